The number of methoxy groups -OCH3 is 1. The molecule has 0 saturated heterocycles. The first-order valence-corrected chi connectivity index (χ1v) is 7.75. The van der Waals surface area contributed by atoms with Crippen LogP contribution < -0.4 is 16.0 Å². The van der Waals surface area contributed by atoms with Crippen LogP contribution in [0.3, 0.4) is 0 Å². The molecule has 1 aliphatic rings. The highest BCUT2D eigenvalue weighted by molar-refractivity contribution is 5.29. The fourth-order valence-electron chi connectivity index (χ4n) is 3.46. The first kappa shape index (κ1) is 15.3. The Kier molecular flexibility index (Phi) is 5.44. The highest BCUT2D eigenvalue weighted by atomic mass is 16.5. The minimum absolute atomic E-state index is 0.258. The smallest absolute Gasteiger partial charge is 0.118 e. The van der Waals surface area contributed by atoms with E-state index < -0.39 is 0 Å². The van der Waals surface area contributed by atoms with Crippen molar-refractivity contribution in [1.82, 2.24) is 5.43 Å². The largest absolute Gasteiger partial charge is 0.497 e. The van der Waals surface area contributed by atoms with Gasteiger partial charge in [0.15, 0.2) is 0 Å². The summed E-state index contributed by atoms with van der Waals surface area (Å²) in [5.74, 6) is 9.05. The molecule has 0 aromatic heterocycles. The Balaban J connectivity index is 2.01. The third-order valence-corrected chi connectivity index (χ3v) is 4.89. The molecule has 3 heteroatoms. The zero-order chi connectivity index (χ0) is 14.5. The average Bonchev–Trinajstić information content (AvgIpc) is 2.49. The molecule has 1 aromatic carbocycles. The molecule has 0 bridgehead atoms. The van der Waals surface area contributed by atoms with Crippen molar-refractivity contribution in [1.29, 1.82) is 0 Å². The van der Waals surface area contributed by atoms with E-state index in [0.717, 1.165) is 17.6 Å². The van der Waals surface area contributed by atoms with E-state index in [1.54, 1.807) is 7.11 Å². The Morgan fingerprint density at radius 1 is 1.05 bits per heavy atom. The quantitative estimate of drug-likeness (QED) is 0.637. The standard InChI is InChI=1S/C17H28N2O/c1-12(2)13-4-6-14(7-5-13)17(19-18)15-8-10-16(20-3)11-9-15/h8-14,17,19H,4-7,18H2,1-3H3. The summed E-state index contributed by atoms with van der Waals surface area (Å²) < 4.78 is 5.22. The van der Waals surface area contributed by atoms with E-state index in [9.17, 15) is 0 Å². The van der Waals surface area contributed by atoms with Crippen molar-refractivity contribution in [3.63, 3.8) is 0 Å². The summed E-state index contributed by atoms with van der Waals surface area (Å²) in [6.07, 6.45) is 5.20. The van der Waals surface area contributed by atoms with E-state index in [1.165, 1.54) is 31.2 Å². The lowest BCUT2D eigenvalue weighted by Crippen LogP contribution is -2.35. The molecule has 0 heterocycles. The Labute approximate surface area is 122 Å². The third-order valence-electron chi connectivity index (χ3n) is 4.89. The van der Waals surface area contributed by atoms with Gasteiger partial charge in [-0.1, -0.05) is 26.0 Å². The normalized spacial score (nSPS) is 24.6. The van der Waals surface area contributed by atoms with Crippen molar-refractivity contribution >= 4 is 0 Å². The van der Waals surface area contributed by atoms with Gasteiger partial charge in [-0.2, -0.15) is 0 Å². The zero-order valence-corrected chi connectivity index (χ0v) is 12.9. The van der Waals surface area contributed by atoms with Crippen LogP contribution in [0.15, 0.2) is 24.3 Å². The van der Waals surface area contributed by atoms with Gasteiger partial charge >= 0.3 is 0 Å². The Hall–Kier alpha value is -1.06. The lowest BCUT2D eigenvalue weighted by molar-refractivity contribution is 0.189. The predicted octanol–water partition coefficient (Wildman–Crippen LogP) is 3.66. The first-order valence-electron chi connectivity index (χ1n) is 7.75. The van der Waals surface area contributed by atoms with E-state index in [-0.39, 0.29) is 6.04 Å². The molecule has 0 spiro atoms. The van der Waals surface area contributed by atoms with E-state index >= 15 is 0 Å². The van der Waals surface area contributed by atoms with Crippen molar-refractivity contribution in [2.45, 2.75) is 45.6 Å². The summed E-state index contributed by atoms with van der Waals surface area (Å²) in [6, 6.07) is 8.53. The van der Waals surface area contributed by atoms with E-state index in [0.29, 0.717) is 5.92 Å². The van der Waals surface area contributed by atoms with Crippen molar-refractivity contribution in [2.75, 3.05) is 7.11 Å². The second-order valence-corrected chi connectivity index (χ2v) is 6.34. The molecule has 1 atom stereocenters. The molecule has 2 rings (SSSR count). The third kappa shape index (κ3) is 3.53. The molecule has 1 fully saturated rings. The summed E-state index contributed by atoms with van der Waals surface area (Å²) in [5.41, 5.74) is 4.29. The number of hydrazine groups is 1. The van der Waals surface area contributed by atoms with Crippen LogP contribution in [0.1, 0.15) is 51.1 Å². The van der Waals surface area contributed by atoms with Gasteiger partial charge in [0.25, 0.3) is 0 Å². The number of nitrogens with one attached hydrogen (secondary N) is 1. The molecule has 0 aliphatic heterocycles. The number of ether oxygens (including phenoxy) is 1. The minimum Gasteiger partial charge on any atom is -0.497 e. The Bertz CT molecular complexity index is 394. The van der Waals surface area contributed by atoms with Crippen LogP contribution in [0.4, 0.5) is 0 Å². The number of hydrogen-bond acceptors (Lipinski definition) is 3. The van der Waals surface area contributed by atoms with Crippen LogP contribution in [-0.2, 0) is 0 Å². The topological polar surface area (TPSA) is 47.3 Å². The van der Waals surface area contributed by atoms with Crippen LogP contribution in [-0.4, -0.2) is 7.11 Å². The summed E-state index contributed by atoms with van der Waals surface area (Å²) in [5, 5.41) is 0. The molecule has 1 saturated carbocycles. The Morgan fingerprint density at radius 3 is 2.05 bits per heavy atom. The number of hydrogen-bond donors (Lipinski definition) is 2. The van der Waals surface area contributed by atoms with Crippen LogP contribution >= 0.6 is 0 Å². The van der Waals surface area contributed by atoms with Gasteiger partial charge in [-0.05, 0) is 61.1 Å². The highest BCUT2D eigenvalue weighted by Gasteiger charge is 2.29. The minimum atomic E-state index is 0.258. The molecule has 112 valence electrons. The van der Waals surface area contributed by atoms with Crippen molar-refractivity contribution < 1.29 is 4.74 Å². The molecule has 0 radical (unpaired) electrons. The monoisotopic (exact) mass is 276 g/mol. The maximum absolute atomic E-state index is 5.82. The van der Waals surface area contributed by atoms with Gasteiger partial charge in [-0.3, -0.25) is 11.3 Å². The molecular formula is C17H28N2O. The molecule has 1 aromatic rings. The van der Waals surface area contributed by atoms with Crippen LogP contribution in [0.25, 0.3) is 0 Å². The number of rotatable bonds is 5. The van der Waals surface area contributed by atoms with Crippen LogP contribution in [0, 0.1) is 17.8 Å². The molecule has 3 nitrogen and oxygen atoms in total. The van der Waals surface area contributed by atoms with Gasteiger partial charge in [0.1, 0.15) is 5.75 Å². The first-order chi connectivity index (χ1) is 9.65. The number of nitrogens with two attached hydrogens (primary N) is 1. The number of benzene rings is 1. The summed E-state index contributed by atoms with van der Waals surface area (Å²) in [6.45, 7) is 4.68. The van der Waals surface area contributed by atoms with Crippen molar-refractivity contribution in [3.05, 3.63) is 29.8 Å². The molecule has 1 unspecified atom stereocenters. The molecule has 0 amide bonds. The predicted molar refractivity (Wildman–Crippen MR) is 83.3 cm³/mol. The van der Waals surface area contributed by atoms with Gasteiger partial charge in [0.2, 0.25) is 0 Å². The maximum Gasteiger partial charge on any atom is 0.118 e. The SMILES string of the molecule is COc1ccc(C(NN)C2CCC(C(C)C)CC2)cc1. The fraction of sp³-hybridized carbons (Fsp3) is 0.647. The summed E-state index contributed by atoms with van der Waals surface area (Å²) in [7, 11) is 1.70. The summed E-state index contributed by atoms with van der Waals surface area (Å²) >= 11 is 0. The van der Waals surface area contributed by atoms with Gasteiger partial charge in [0, 0.05) is 6.04 Å². The second kappa shape index (κ2) is 7.09. The van der Waals surface area contributed by atoms with E-state index in [1.807, 2.05) is 12.1 Å². The van der Waals surface area contributed by atoms with Gasteiger partial charge in [-0.15, -0.1) is 0 Å². The van der Waals surface area contributed by atoms with Crippen LogP contribution in [0.2, 0.25) is 0 Å². The van der Waals surface area contributed by atoms with Crippen LogP contribution in [0.5, 0.6) is 5.75 Å². The Morgan fingerprint density at radius 2 is 1.60 bits per heavy atom. The van der Waals surface area contributed by atoms with Crippen molar-refractivity contribution in [3.8, 4) is 5.75 Å². The van der Waals surface area contributed by atoms with Gasteiger partial charge < -0.3 is 4.74 Å². The van der Waals surface area contributed by atoms with Gasteiger partial charge in [-0.25, -0.2) is 0 Å². The lowest BCUT2D eigenvalue weighted by atomic mass is 9.73. The average molecular weight is 276 g/mol. The molecule has 1 aliphatic carbocycles. The highest BCUT2D eigenvalue weighted by Crippen LogP contribution is 2.39. The molecule has 3 N–H and O–H groups in total. The molecule has 20 heavy (non-hydrogen) atoms. The van der Waals surface area contributed by atoms with E-state index in [2.05, 4.69) is 31.4 Å². The maximum atomic E-state index is 5.82. The van der Waals surface area contributed by atoms with Crippen molar-refractivity contribution in [2.24, 2.45) is 23.6 Å². The molecular weight excluding hydrogens is 248 g/mol. The lowest BCUT2D eigenvalue weighted by Gasteiger charge is -2.35. The van der Waals surface area contributed by atoms with E-state index in [4.69, 9.17) is 10.6 Å². The van der Waals surface area contributed by atoms with Gasteiger partial charge in [0.05, 0.1) is 7.11 Å². The fourth-order valence-corrected chi connectivity index (χ4v) is 3.46. The summed E-state index contributed by atoms with van der Waals surface area (Å²) in [4.78, 5) is 0. The second-order valence-electron chi connectivity index (χ2n) is 6.34. The zero-order valence-electron chi connectivity index (χ0n) is 12.9.